The first-order valence-electron chi connectivity index (χ1n) is 6.31. The van der Waals surface area contributed by atoms with Gasteiger partial charge in [0.2, 0.25) is 0 Å². The summed E-state index contributed by atoms with van der Waals surface area (Å²) in [4.78, 5) is 8.44. The van der Waals surface area contributed by atoms with Gasteiger partial charge in [-0.15, -0.1) is 0 Å². The number of benzene rings is 1. The van der Waals surface area contributed by atoms with E-state index in [9.17, 15) is 4.39 Å². The molecule has 0 bridgehead atoms. The van der Waals surface area contributed by atoms with E-state index in [1.165, 1.54) is 6.33 Å². The van der Waals surface area contributed by atoms with E-state index in [1.807, 2.05) is 13.8 Å². The molecule has 1 aromatic heterocycles. The second kappa shape index (κ2) is 6.50. The van der Waals surface area contributed by atoms with Gasteiger partial charge in [-0.3, -0.25) is 0 Å². The molecule has 1 aromatic carbocycles. The molecule has 0 amide bonds. The van der Waals surface area contributed by atoms with Gasteiger partial charge >= 0.3 is 0 Å². The summed E-state index contributed by atoms with van der Waals surface area (Å²) in [5.41, 5.74) is 1.84. The van der Waals surface area contributed by atoms with Crippen molar-refractivity contribution in [2.45, 2.75) is 20.3 Å². The van der Waals surface area contributed by atoms with E-state index < -0.39 is 5.82 Å². The van der Waals surface area contributed by atoms with Crippen LogP contribution in [0.5, 0.6) is 0 Å². The molecule has 0 spiro atoms. The zero-order valence-electron chi connectivity index (χ0n) is 11.2. The van der Waals surface area contributed by atoms with Crippen LogP contribution in [0, 0.1) is 5.82 Å². The number of hydrogen-bond acceptors (Lipinski definition) is 3. The minimum atomic E-state index is -0.475. The molecule has 0 aliphatic carbocycles. The van der Waals surface area contributed by atoms with E-state index in [2.05, 4.69) is 31.2 Å². The Bertz CT molecular complexity index is 634. The molecule has 2 rings (SSSR count). The molecule has 106 valence electrons. The lowest BCUT2D eigenvalue weighted by molar-refractivity contribution is 0.630. The predicted octanol–water partition coefficient (Wildman–Crippen LogP) is 4.69. The zero-order chi connectivity index (χ0) is 14.7. The summed E-state index contributed by atoms with van der Waals surface area (Å²) in [6.07, 6.45) is 2.13. The Morgan fingerprint density at radius 2 is 2.05 bits per heavy atom. The predicted molar refractivity (Wildman–Crippen MR) is 83.7 cm³/mol. The third-order valence-corrected chi connectivity index (χ3v) is 4.19. The van der Waals surface area contributed by atoms with Gasteiger partial charge in [0, 0.05) is 22.1 Å². The van der Waals surface area contributed by atoms with Gasteiger partial charge in [0.15, 0.2) is 5.82 Å². The molecule has 0 saturated heterocycles. The molecule has 0 radical (unpaired) electrons. The molecule has 20 heavy (non-hydrogen) atoms. The molecule has 0 aliphatic rings. The zero-order valence-corrected chi connectivity index (χ0v) is 13.5. The van der Waals surface area contributed by atoms with E-state index in [1.54, 1.807) is 12.1 Å². The van der Waals surface area contributed by atoms with Gasteiger partial charge in [-0.1, -0.05) is 18.5 Å². The van der Waals surface area contributed by atoms with Gasteiger partial charge in [0.05, 0.1) is 10.7 Å². The Kier molecular flexibility index (Phi) is 4.94. The Labute approximate surface area is 130 Å². The van der Waals surface area contributed by atoms with Crippen LogP contribution in [0.2, 0.25) is 5.02 Å². The van der Waals surface area contributed by atoms with Crippen molar-refractivity contribution in [3.8, 4) is 11.3 Å². The highest BCUT2D eigenvalue weighted by atomic mass is 79.9. The van der Waals surface area contributed by atoms with Crippen molar-refractivity contribution in [3.05, 3.63) is 39.3 Å². The second-order valence-electron chi connectivity index (χ2n) is 4.16. The molecule has 2 aromatic rings. The first-order chi connectivity index (χ1) is 9.60. The molecule has 1 N–H and O–H groups in total. The standard InChI is InChI=1S/C14H14BrClFN3/c1-3-8-13(19-7-20-14(8)18-4-2)9-5-6-10(15)11(16)12(9)17/h5-7H,3-4H2,1-2H3,(H,18,19,20). The van der Waals surface area contributed by atoms with E-state index in [-0.39, 0.29) is 5.02 Å². The number of hydrogen-bond donors (Lipinski definition) is 1. The van der Waals surface area contributed by atoms with Gasteiger partial charge in [0.25, 0.3) is 0 Å². The van der Waals surface area contributed by atoms with Crippen LogP contribution in [0.3, 0.4) is 0 Å². The Hall–Kier alpha value is -1.20. The number of rotatable bonds is 4. The van der Waals surface area contributed by atoms with Crippen molar-refractivity contribution in [2.75, 3.05) is 11.9 Å². The fourth-order valence-electron chi connectivity index (χ4n) is 2.01. The Morgan fingerprint density at radius 1 is 1.30 bits per heavy atom. The lowest BCUT2D eigenvalue weighted by atomic mass is 10.0. The second-order valence-corrected chi connectivity index (χ2v) is 5.39. The Morgan fingerprint density at radius 3 is 2.70 bits per heavy atom. The maximum absolute atomic E-state index is 14.3. The summed E-state index contributed by atoms with van der Waals surface area (Å²) in [6, 6.07) is 3.39. The van der Waals surface area contributed by atoms with Gasteiger partial charge in [-0.2, -0.15) is 0 Å². The van der Waals surface area contributed by atoms with E-state index in [0.717, 1.165) is 17.9 Å². The normalized spacial score (nSPS) is 10.7. The van der Waals surface area contributed by atoms with Gasteiger partial charge in [0.1, 0.15) is 12.1 Å². The fraction of sp³-hybridized carbons (Fsp3) is 0.286. The van der Waals surface area contributed by atoms with Crippen molar-refractivity contribution in [1.82, 2.24) is 9.97 Å². The molecular weight excluding hydrogens is 345 g/mol. The average Bonchev–Trinajstić information content (AvgIpc) is 2.45. The molecule has 0 atom stereocenters. The molecule has 3 nitrogen and oxygen atoms in total. The van der Waals surface area contributed by atoms with Crippen molar-refractivity contribution in [1.29, 1.82) is 0 Å². The van der Waals surface area contributed by atoms with Crippen LogP contribution in [0.1, 0.15) is 19.4 Å². The molecule has 0 saturated carbocycles. The fourth-order valence-corrected chi connectivity index (χ4v) is 2.48. The van der Waals surface area contributed by atoms with E-state index in [4.69, 9.17) is 11.6 Å². The lowest BCUT2D eigenvalue weighted by Crippen LogP contribution is -2.06. The molecule has 0 aliphatic heterocycles. The molecule has 0 unspecified atom stereocenters. The van der Waals surface area contributed by atoms with Crippen LogP contribution in [-0.4, -0.2) is 16.5 Å². The lowest BCUT2D eigenvalue weighted by Gasteiger charge is -2.13. The summed E-state index contributed by atoms with van der Waals surface area (Å²) < 4.78 is 14.9. The minimum absolute atomic E-state index is 0.0631. The molecule has 1 heterocycles. The summed E-state index contributed by atoms with van der Waals surface area (Å²) in [7, 11) is 0. The van der Waals surface area contributed by atoms with Crippen LogP contribution in [0.15, 0.2) is 22.9 Å². The SMILES string of the molecule is CCNc1ncnc(-c2ccc(Br)c(Cl)c2F)c1CC. The van der Waals surface area contributed by atoms with E-state index in [0.29, 0.717) is 22.2 Å². The summed E-state index contributed by atoms with van der Waals surface area (Å²) in [6.45, 7) is 4.72. The molecule has 6 heteroatoms. The average molecular weight is 359 g/mol. The minimum Gasteiger partial charge on any atom is -0.370 e. The number of anilines is 1. The van der Waals surface area contributed by atoms with Crippen LogP contribution in [0.25, 0.3) is 11.3 Å². The number of nitrogens with one attached hydrogen (secondary N) is 1. The maximum Gasteiger partial charge on any atom is 0.152 e. The van der Waals surface area contributed by atoms with Crippen molar-refractivity contribution in [3.63, 3.8) is 0 Å². The van der Waals surface area contributed by atoms with Gasteiger partial charge in [-0.25, -0.2) is 14.4 Å². The van der Waals surface area contributed by atoms with Crippen LogP contribution in [-0.2, 0) is 6.42 Å². The number of nitrogens with zero attached hydrogens (tertiary/aromatic N) is 2. The van der Waals surface area contributed by atoms with Gasteiger partial charge in [-0.05, 0) is 41.4 Å². The number of aromatic nitrogens is 2. The summed E-state index contributed by atoms with van der Waals surface area (Å²) in [5.74, 6) is 0.260. The largest absolute Gasteiger partial charge is 0.370 e. The highest BCUT2D eigenvalue weighted by molar-refractivity contribution is 9.10. The van der Waals surface area contributed by atoms with Crippen LogP contribution >= 0.6 is 27.5 Å². The first kappa shape index (κ1) is 15.2. The quantitative estimate of drug-likeness (QED) is 0.806. The topological polar surface area (TPSA) is 37.8 Å². The van der Waals surface area contributed by atoms with Crippen LogP contribution < -0.4 is 5.32 Å². The molecule has 0 fully saturated rings. The van der Waals surface area contributed by atoms with Crippen molar-refractivity contribution >= 4 is 33.3 Å². The summed E-state index contributed by atoms with van der Waals surface area (Å²) >= 11 is 9.16. The highest BCUT2D eigenvalue weighted by Gasteiger charge is 2.17. The smallest absolute Gasteiger partial charge is 0.152 e. The van der Waals surface area contributed by atoms with Gasteiger partial charge < -0.3 is 5.32 Å². The van der Waals surface area contributed by atoms with Crippen LogP contribution in [0.4, 0.5) is 10.2 Å². The third kappa shape index (κ3) is 2.79. The van der Waals surface area contributed by atoms with Crippen molar-refractivity contribution < 1.29 is 4.39 Å². The highest BCUT2D eigenvalue weighted by Crippen LogP contribution is 2.34. The molecular formula is C14H14BrClFN3. The third-order valence-electron chi connectivity index (χ3n) is 2.93. The monoisotopic (exact) mass is 357 g/mol. The first-order valence-corrected chi connectivity index (χ1v) is 7.48. The maximum atomic E-state index is 14.3. The number of halogens is 3. The van der Waals surface area contributed by atoms with E-state index >= 15 is 0 Å². The van der Waals surface area contributed by atoms with Crippen molar-refractivity contribution in [2.24, 2.45) is 0 Å². The summed E-state index contributed by atoms with van der Waals surface area (Å²) in [5, 5.41) is 3.23. The Balaban J connectivity index is 2.64.